The molecule has 5 nitrogen and oxygen atoms in total. The van der Waals surface area contributed by atoms with Crippen LogP contribution in [0.5, 0.6) is 0 Å². The number of benzene rings is 2. The Bertz CT molecular complexity index is 874. The summed E-state index contributed by atoms with van der Waals surface area (Å²) in [6, 6.07) is 13.2. The third-order valence-electron chi connectivity index (χ3n) is 4.37. The number of nitrogens with zero attached hydrogens (tertiary/aromatic N) is 1. The van der Waals surface area contributed by atoms with Gasteiger partial charge in [-0.25, -0.2) is 14.2 Å². The van der Waals surface area contributed by atoms with Crippen molar-refractivity contribution in [2.45, 2.75) is 25.0 Å². The number of anilines is 1. The molecule has 3 aromatic rings. The van der Waals surface area contributed by atoms with Gasteiger partial charge in [-0.1, -0.05) is 35.6 Å². The standard InChI is InChI=1S/C19H18FN3O2S/c20-13-9-7-12(8-10-13)17(15-5-3-11-25-15)22-18(24)23-19-21-14-4-1-2-6-16(14)26-19/h1-2,4,6-10,15,17H,3,5,11H2,(H2,21,22,23,24). The van der Waals surface area contributed by atoms with Gasteiger partial charge in [-0.15, -0.1) is 0 Å². The molecule has 2 heterocycles. The van der Waals surface area contributed by atoms with Gasteiger partial charge in [-0.2, -0.15) is 0 Å². The molecule has 2 aromatic carbocycles. The van der Waals surface area contributed by atoms with Crippen LogP contribution >= 0.6 is 11.3 Å². The van der Waals surface area contributed by atoms with Crippen LogP contribution in [0.25, 0.3) is 10.2 Å². The Balaban J connectivity index is 1.50. The van der Waals surface area contributed by atoms with E-state index >= 15 is 0 Å². The number of amides is 2. The normalized spacial score (nSPS) is 18.0. The van der Waals surface area contributed by atoms with E-state index < -0.39 is 0 Å². The van der Waals surface area contributed by atoms with E-state index in [0.29, 0.717) is 11.7 Å². The second kappa shape index (κ2) is 7.39. The lowest BCUT2D eigenvalue weighted by Gasteiger charge is -2.24. The summed E-state index contributed by atoms with van der Waals surface area (Å²) >= 11 is 1.42. The van der Waals surface area contributed by atoms with Crippen molar-refractivity contribution < 1.29 is 13.9 Å². The molecule has 1 fully saturated rings. The quantitative estimate of drug-likeness (QED) is 0.711. The molecule has 1 aliphatic heterocycles. The fourth-order valence-corrected chi connectivity index (χ4v) is 3.99. The maximum Gasteiger partial charge on any atom is 0.321 e. The van der Waals surface area contributed by atoms with Crippen molar-refractivity contribution in [1.29, 1.82) is 0 Å². The van der Waals surface area contributed by atoms with Crippen LogP contribution in [0, 0.1) is 5.82 Å². The largest absolute Gasteiger partial charge is 0.376 e. The van der Waals surface area contributed by atoms with Crippen LogP contribution in [0.2, 0.25) is 0 Å². The van der Waals surface area contributed by atoms with Crippen molar-refractivity contribution in [3.63, 3.8) is 0 Å². The molecule has 26 heavy (non-hydrogen) atoms. The summed E-state index contributed by atoms with van der Waals surface area (Å²) in [6.45, 7) is 0.670. The van der Waals surface area contributed by atoms with Crippen molar-refractivity contribution in [1.82, 2.24) is 10.3 Å². The minimum atomic E-state index is -0.353. The number of carbonyl (C=O) groups is 1. The van der Waals surface area contributed by atoms with Crippen LogP contribution in [0.3, 0.4) is 0 Å². The average molecular weight is 371 g/mol. The molecule has 0 radical (unpaired) electrons. The SMILES string of the molecule is O=C(Nc1nc2ccccc2s1)NC(c1ccc(F)cc1)C1CCCO1. The predicted octanol–water partition coefficient (Wildman–Crippen LogP) is 4.48. The minimum Gasteiger partial charge on any atom is -0.376 e. The number of urea groups is 1. The second-order valence-corrected chi connectivity index (χ2v) is 7.20. The number of nitrogens with one attached hydrogen (secondary N) is 2. The maximum absolute atomic E-state index is 13.2. The van der Waals surface area contributed by atoms with Crippen molar-refractivity contribution in [3.8, 4) is 0 Å². The highest BCUT2D eigenvalue weighted by molar-refractivity contribution is 7.22. The Morgan fingerprint density at radius 2 is 2.04 bits per heavy atom. The van der Waals surface area contributed by atoms with Crippen LogP contribution in [-0.4, -0.2) is 23.7 Å². The zero-order valence-corrected chi connectivity index (χ0v) is 14.8. The fourth-order valence-electron chi connectivity index (χ4n) is 3.13. The third kappa shape index (κ3) is 3.68. The first kappa shape index (κ1) is 16.9. The second-order valence-electron chi connectivity index (χ2n) is 6.17. The molecule has 2 atom stereocenters. The summed E-state index contributed by atoms with van der Waals surface area (Å²) in [7, 11) is 0. The van der Waals surface area contributed by atoms with E-state index in [-0.39, 0.29) is 24.0 Å². The predicted molar refractivity (Wildman–Crippen MR) is 99.9 cm³/mol. The van der Waals surface area contributed by atoms with E-state index in [2.05, 4.69) is 15.6 Å². The monoisotopic (exact) mass is 371 g/mol. The van der Waals surface area contributed by atoms with Crippen LogP contribution < -0.4 is 10.6 Å². The Morgan fingerprint density at radius 1 is 1.23 bits per heavy atom. The topological polar surface area (TPSA) is 63.2 Å². The Morgan fingerprint density at radius 3 is 2.77 bits per heavy atom. The molecule has 0 saturated carbocycles. The van der Waals surface area contributed by atoms with E-state index in [0.717, 1.165) is 28.6 Å². The number of ether oxygens (including phenoxy) is 1. The van der Waals surface area contributed by atoms with Crippen LogP contribution in [-0.2, 0) is 4.74 Å². The van der Waals surface area contributed by atoms with Gasteiger partial charge in [0.05, 0.1) is 22.4 Å². The number of hydrogen-bond acceptors (Lipinski definition) is 4. The third-order valence-corrected chi connectivity index (χ3v) is 5.32. The molecule has 0 spiro atoms. The molecule has 1 aromatic heterocycles. The molecular weight excluding hydrogens is 353 g/mol. The molecule has 4 rings (SSSR count). The molecule has 0 bridgehead atoms. The summed E-state index contributed by atoms with van der Waals surface area (Å²) in [5.74, 6) is -0.307. The van der Waals surface area contributed by atoms with E-state index in [4.69, 9.17) is 4.74 Å². The molecule has 134 valence electrons. The molecule has 2 unspecified atom stereocenters. The zero-order valence-electron chi connectivity index (χ0n) is 13.9. The summed E-state index contributed by atoms with van der Waals surface area (Å²) < 4.78 is 20.0. The number of aromatic nitrogens is 1. The van der Waals surface area contributed by atoms with E-state index in [1.54, 1.807) is 12.1 Å². The van der Waals surface area contributed by atoms with Gasteiger partial charge in [0.2, 0.25) is 0 Å². The molecule has 2 amide bonds. The van der Waals surface area contributed by atoms with Crippen LogP contribution in [0.15, 0.2) is 48.5 Å². The van der Waals surface area contributed by atoms with Crippen molar-refractivity contribution in [3.05, 3.63) is 59.9 Å². The lowest BCUT2D eigenvalue weighted by atomic mass is 9.99. The number of halogens is 1. The number of thiazole rings is 1. The van der Waals surface area contributed by atoms with E-state index in [1.807, 2.05) is 24.3 Å². The smallest absolute Gasteiger partial charge is 0.321 e. The molecule has 1 saturated heterocycles. The summed E-state index contributed by atoms with van der Waals surface area (Å²) in [5, 5.41) is 6.29. The van der Waals surface area contributed by atoms with Gasteiger partial charge in [0.15, 0.2) is 5.13 Å². The van der Waals surface area contributed by atoms with Gasteiger partial charge >= 0.3 is 6.03 Å². The number of carbonyl (C=O) groups excluding carboxylic acids is 1. The molecular formula is C19H18FN3O2S. The van der Waals surface area contributed by atoms with Gasteiger partial charge in [-0.3, -0.25) is 5.32 Å². The highest BCUT2D eigenvalue weighted by Crippen LogP contribution is 2.28. The van der Waals surface area contributed by atoms with Gasteiger partial charge in [0.25, 0.3) is 0 Å². The summed E-state index contributed by atoms with van der Waals surface area (Å²) in [4.78, 5) is 16.9. The summed E-state index contributed by atoms with van der Waals surface area (Å²) in [5.41, 5.74) is 1.67. The molecule has 0 aliphatic carbocycles. The highest BCUT2D eigenvalue weighted by Gasteiger charge is 2.29. The van der Waals surface area contributed by atoms with Gasteiger partial charge in [0.1, 0.15) is 5.82 Å². The first-order valence-electron chi connectivity index (χ1n) is 8.49. The van der Waals surface area contributed by atoms with Crippen molar-refractivity contribution in [2.24, 2.45) is 0 Å². The van der Waals surface area contributed by atoms with Crippen molar-refractivity contribution in [2.75, 3.05) is 11.9 Å². The number of para-hydroxylation sites is 1. The number of rotatable bonds is 4. The molecule has 2 N–H and O–H groups in total. The van der Waals surface area contributed by atoms with Gasteiger partial charge < -0.3 is 10.1 Å². The lowest BCUT2D eigenvalue weighted by molar-refractivity contribution is 0.0815. The zero-order chi connectivity index (χ0) is 17.9. The highest BCUT2D eigenvalue weighted by atomic mass is 32.1. The Hall–Kier alpha value is -2.51. The van der Waals surface area contributed by atoms with E-state index in [1.165, 1.54) is 23.5 Å². The van der Waals surface area contributed by atoms with Crippen LogP contribution in [0.1, 0.15) is 24.4 Å². The number of fused-ring (bicyclic) bond motifs is 1. The minimum absolute atomic E-state index is 0.124. The molecule has 1 aliphatic rings. The Kier molecular flexibility index (Phi) is 4.81. The van der Waals surface area contributed by atoms with Gasteiger partial charge in [-0.05, 0) is 42.7 Å². The van der Waals surface area contributed by atoms with E-state index in [9.17, 15) is 9.18 Å². The summed E-state index contributed by atoms with van der Waals surface area (Å²) in [6.07, 6.45) is 1.68. The molecule has 7 heteroatoms. The average Bonchev–Trinajstić information content (AvgIpc) is 3.29. The lowest BCUT2D eigenvalue weighted by Crippen LogP contribution is -2.38. The first-order valence-corrected chi connectivity index (χ1v) is 9.31. The maximum atomic E-state index is 13.2. The van der Waals surface area contributed by atoms with Crippen LogP contribution in [0.4, 0.5) is 14.3 Å². The Labute approximate surface area is 154 Å². The first-order chi connectivity index (χ1) is 12.7. The number of hydrogen-bond donors (Lipinski definition) is 2. The van der Waals surface area contributed by atoms with Crippen molar-refractivity contribution >= 4 is 32.7 Å². The fraction of sp³-hybridized carbons (Fsp3) is 0.263. The van der Waals surface area contributed by atoms with Gasteiger partial charge in [0, 0.05) is 6.61 Å².